The van der Waals surface area contributed by atoms with Crippen molar-refractivity contribution in [1.29, 1.82) is 0 Å². The number of nitrogens with two attached hydrogens (primary N) is 1. The van der Waals surface area contributed by atoms with Gasteiger partial charge in [0.2, 0.25) is 23.6 Å². The Morgan fingerprint density at radius 2 is 1.62 bits per heavy atom. The summed E-state index contributed by atoms with van der Waals surface area (Å²) in [5.41, 5.74) is 4.81. The van der Waals surface area contributed by atoms with Crippen LogP contribution in [0, 0.1) is 23.2 Å². The molecule has 1 aliphatic rings. The van der Waals surface area contributed by atoms with Gasteiger partial charge in [-0.15, -0.1) is 0 Å². The second-order valence-electron chi connectivity index (χ2n) is 12.2. The smallest absolute Gasteiger partial charge is 0.312 e. The average Bonchev–Trinajstić information content (AvgIpc) is 3.11. The van der Waals surface area contributed by atoms with Crippen molar-refractivity contribution in [2.45, 2.75) is 105 Å². The van der Waals surface area contributed by atoms with Crippen LogP contribution in [-0.2, 0) is 24.0 Å². The molecule has 3 atom stereocenters. The highest BCUT2D eigenvalue weighted by Gasteiger charge is 2.44. The van der Waals surface area contributed by atoms with Gasteiger partial charge in [0.1, 0.15) is 6.04 Å². The number of carbonyl (C=O) groups is 6. The third-order valence-corrected chi connectivity index (χ3v) is 7.04. The molecule has 1 aliphatic heterocycles. The summed E-state index contributed by atoms with van der Waals surface area (Å²) in [5, 5.41) is 8.04. The molecule has 11 heteroatoms. The quantitative estimate of drug-likeness (QED) is 0.169. The predicted octanol–water partition coefficient (Wildman–Crippen LogP) is 2.27. The number of ketones is 1. The molecule has 1 saturated heterocycles. The highest BCUT2D eigenvalue weighted by atomic mass is 16.2. The first-order valence-electron chi connectivity index (χ1n) is 14.1. The summed E-state index contributed by atoms with van der Waals surface area (Å²) in [5.74, 6) is -1.88. The number of amides is 6. The molecule has 0 aromatic carbocycles. The molecule has 1 fully saturated rings. The van der Waals surface area contributed by atoms with E-state index in [0.717, 1.165) is 0 Å². The molecule has 0 bridgehead atoms. The van der Waals surface area contributed by atoms with E-state index in [4.69, 9.17) is 5.73 Å². The fraction of sp³-hybridized carbons (Fsp3) is 0.786. The number of urea groups is 1. The van der Waals surface area contributed by atoms with Crippen molar-refractivity contribution in [3.8, 4) is 0 Å². The van der Waals surface area contributed by atoms with Gasteiger partial charge in [-0.3, -0.25) is 28.9 Å². The van der Waals surface area contributed by atoms with E-state index in [-0.39, 0.29) is 66.1 Å². The summed E-state index contributed by atoms with van der Waals surface area (Å²) in [4.78, 5) is 75.4. The van der Waals surface area contributed by atoms with Crippen molar-refractivity contribution in [2.24, 2.45) is 28.9 Å². The van der Waals surface area contributed by atoms with Crippen molar-refractivity contribution >= 4 is 35.4 Å². The van der Waals surface area contributed by atoms with E-state index in [0.29, 0.717) is 38.6 Å². The first kappa shape index (κ1) is 34.0. The number of likely N-dealkylation sites (tertiary alicyclic amines) is 1. The lowest BCUT2D eigenvalue weighted by atomic mass is 9.80. The highest BCUT2D eigenvalue weighted by molar-refractivity contribution is 6.03. The van der Waals surface area contributed by atoms with Crippen LogP contribution in [0.2, 0.25) is 0 Å². The number of imide groups is 1. The summed E-state index contributed by atoms with van der Waals surface area (Å²) < 4.78 is 0. The summed E-state index contributed by atoms with van der Waals surface area (Å²) >= 11 is 0. The van der Waals surface area contributed by atoms with E-state index < -0.39 is 24.0 Å². The van der Waals surface area contributed by atoms with Gasteiger partial charge in [-0.25, -0.2) is 4.79 Å². The number of rotatable bonds is 16. The number of Topliss-reactive ketones (excluding diaryl/α,β-unsaturated/α-hetero) is 1. The summed E-state index contributed by atoms with van der Waals surface area (Å²) in [6, 6.07) is -2.20. The molecule has 0 spiro atoms. The topological polar surface area (TPSA) is 168 Å². The minimum absolute atomic E-state index is 0.116. The van der Waals surface area contributed by atoms with Crippen LogP contribution in [0.25, 0.3) is 0 Å². The van der Waals surface area contributed by atoms with Crippen LogP contribution in [0.3, 0.4) is 0 Å². The van der Waals surface area contributed by atoms with Gasteiger partial charge in [-0.05, 0) is 37.0 Å². The van der Waals surface area contributed by atoms with Gasteiger partial charge in [0.05, 0.1) is 12.0 Å². The third-order valence-electron chi connectivity index (χ3n) is 7.04. The lowest BCUT2D eigenvalue weighted by Crippen LogP contribution is -2.54. The van der Waals surface area contributed by atoms with Gasteiger partial charge in [0.15, 0.2) is 5.78 Å². The van der Waals surface area contributed by atoms with Gasteiger partial charge >= 0.3 is 6.03 Å². The van der Waals surface area contributed by atoms with Crippen LogP contribution in [0.4, 0.5) is 4.79 Å². The van der Waals surface area contributed by atoms with Crippen LogP contribution in [0.1, 0.15) is 93.4 Å². The van der Waals surface area contributed by atoms with Gasteiger partial charge in [-0.1, -0.05) is 54.9 Å². The maximum atomic E-state index is 13.0. The van der Waals surface area contributed by atoms with Crippen LogP contribution in [0.15, 0.2) is 0 Å². The molecule has 1 unspecified atom stereocenters. The lowest BCUT2D eigenvalue weighted by molar-refractivity contribution is -0.140. The highest BCUT2D eigenvalue weighted by Crippen LogP contribution is 2.35. The number of hydrogen-bond acceptors (Lipinski definition) is 6. The molecule has 0 saturated carbocycles. The third kappa shape index (κ3) is 11.3. The number of nitrogens with zero attached hydrogens (tertiary/aromatic N) is 1. The minimum atomic E-state index is -0.808. The first-order valence-corrected chi connectivity index (χ1v) is 14.1. The van der Waals surface area contributed by atoms with Crippen molar-refractivity contribution in [3.63, 3.8) is 0 Å². The van der Waals surface area contributed by atoms with Gasteiger partial charge in [0, 0.05) is 31.8 Å². The fourth-order valence-corrected chi connectivity index (χ4v) is 4.57. The van der Waals surface area contributed by atoms with Crippen molar-refractivity contribution in [1.82, 2.24) is 20.9 Å². The number of nitrogens with one attached hydrogen (secondary N) is 3. The number of unbranched alkanes of at least 4 members (excludes halogenated alkanes) is 2. The van der Waals surface area contributed by atoms with Crippen LogP contribution >= 0.6 is 0 Å². The Balaban J connectivity index is 2.56. The Morgan fingerprint density at radius 3 is 2.13 bits per heavy atom. The standard InChI is InChI=1S/C28H49N5O6/c1-17(2)23(25(37)31-20(24(36)18(3)4)12-11-14-30-27(29)39)32-21(34)13-9-8-10-15-33-22(35)16-19(26(33)38)28(5,6)7/h17-20,23H,8-16H2,1-7H3,(H,31,37)(H,32,34)(H3,29,30,39)/t19?,20-,23-/m0/s1. The van der Waals surface area contributed by atoms with Gasteiger partial charge < -0.3 is 21.7 Å². The van der Waals surface area contributed by atoms with Gasteiger partial charge in [0.25, 0.3) is 0 Å². The molecular weight excluding hydrogens is 502 g/mol. The van der Waals surface area contributed by atoms with Crippen molar-refractivity contribution < 1.29 is 28.8 Å². The van der Waals surface area contributed by atoms with Crippen LogP contribution in [-0.4, -0.2) is 65.5 Å². The van der Waals surface area contributed by atoms with E-state index in [9.17, 15) is 28.8 Å². The normalized spacial score (nSPS) is 17.4. The molecule has 0 aliphatic carbocycles. The Bertz CT molecular complexity index is 895. The van der Waals surface area contributed by atoms with E-state index in [1.54, 1.807) is 13.8 Å². The molecule has 0 aromatic heterocycles. The average molecular weight is 552 g/mol. The zero-order valence-electron chi connectivity index (χ0n) is 24.7. The number of primary amides is 1. The summed E-state index contributed by atoms with van der Waals surface area (Å²) in [7, 11) is 0. The van der Waals surface area contributed by atoms with Crippen molar-refractivity contribution in [3.05, 3.63) is 0 Å². The number of hydrogen-bond donors (Lipinski definition) is 4. The molecule has 6 amide bonds. The molecule has 11 nitrogen and oxygen atoms in total. The largest absolute Gasteiger partial charge is 0.352 e. The molecule has 0 aromatic rings. The molecule has 1 rings (SSSR count). The Morgan fingerprint density at radius 1 is 0.974 bits per heavy atom. The first-order chi connectivity index (χ1) is 18.1. The zero-order valence-corrected chi connectivity index (χ0v) is 24.7. The molecule has 222 valence electrons. The second-order valence-corrected chi connectivity index (χ2v) is 12.2. The Hall–Kier alpha value is -2.98. The summed E-state index contributed by atoms with van der Waals surface area (Å²) in [6.45, 7) is 13.7. The Labute approximate surface area is 232 Å². The van der Waals surface area contributed by atoms with Crippen molar-refractivity contribution in [2.75, 3.05) is 13.1 Å². The van der Waals surface area contributed by atoms with Gasteiger partial charge in [-0.2, -0.15) is 0 Å². The molecule has 0 radical (unpaired) electrons. The second kappa shape index (κ2) is 15.6. The molecule has 39 heavy (non-hydrogen) atoms. The lowest BCUT2D eigenvalue weighted by Gasteiger charge is -2.26. The van der Waals surface area contributed by atoms with E-state index >= 15 is 0 Å². The predicted molar refractivity (Wildman–Crippen MR) is 148 cm³/mol. The number of carbonyl (C=O) groups excluding carboxylic acids is 6. The maximum absolute atomic E-state index is 13.0. The monoisotopic (exact) mass is 551 g/mol. The Kier molecular flexibility index (Phi) is 13.6. The van der Waals surface area contributed by atoms with E-state index in [2.05, 4.69) is 16.0 Å². The van der Waals surface area contributed by atoms with Crippen LogP contribution in [0.5, 0.6) is 0 Å². The van der Waals surface area contributed by atoms with E-state index in [1.165, 1.54) is 4.90 Å². The molecule has 1 heterocycles. The van der Waals surface area contributed by atoms with Crippen LogP contribution < -0.4 is 21.7 Å². The maximum Gasteiger partial charge on any atom is 0.312 e. The zero-order chi connectivity index (χ0) is 29.9. The molecule has 5 N–H and O–H groups in total. The molecular formula is C28H49N5O6. The fourth-order valence-electron chi connectivity index (χ4n) is 4.57. The summed E-state index contributed by atoms with van der Waals surface area (Å²) in [6.07, 6.45) is 3.07. The van der Waals surface area contributed by atoms with E-state index in [1.807, 2.05) is 34.6 Å². The minimum Gasteiger partial charge on any atom is -0.352 e. The SMILES string of the molecule is CC(C)C(=O)[C@H](CCCNC(N)=O)NC(=O)[C@@H](NC(=O)CCCCCN1C(=O)CC(C(C)(C)C)C1=O)C(C)C.